The van der Waals surface area contributed by atoms with Crippen molar-refractivity contribution in [2.24, 2.45) is 0 Å². The van der Waals surface area contributed by atoms with E-state index >= 15 is 0 Å². The van der Waals surface area contributed by atoms with Crippen LogP contribution in [0.25, 0.3) is 0 Å². The number of halogens is 3. The van der Waals surface area contributed by atoms with Crippen molar-refractivity contribution < 1.29 is 18.3 Å². The molecule has 5 heteroatoms. The maximum absolute atomic E-state index is 11.4. The fourth-order valence-corrected chi connectivity index (χ4v) is 0.305. The summed E-state index contributed by atoms with van der Waals surface area (Å²) in [7, 11) is 1.00. The van der Waals surface area contributed by atoms with Crippen LogP contribution in [-0.4, -0.2) is 24.9 Å². The van der Waals surface area contributed by atoms with Gasteiger partial charge in [-0.2, -0.15) is 0 Å². The fraction of sp³-hybridized carbons (Fsp3) is 0.750. The molecule has 2 nitrogen and oxygen atoms in total. The zero-order valence-corrected chi connectivity index (χ0v) is 5.36. The van der Waals surface area contributed by atoms with Crippen LogP contribution in [0.1, 0.15) is 0 Å². The number of ether oxygens (including phenoxy) is 1. The summed E-state index contributed by atoms with van der Waals surface area (Å²) in [5.74, 6) is -1.10. The first-order valence-corrected chi connectivity index (χ1v) is 2.53. The highest BCUT2D eigenvalue weighted by Gasteiger charge is 2.25. The SMILES string of the molecule is COC(=O)C(Cl)C(F)F. The summed E-state index contributed by atoms with van der Waals surface area (Å²) in [5.41, 5.74) is 0. The molecule has 0 aromatic carbocycles. The van der Waals surface area contributed by atoms with Crippen molar-refractivity contribution in [2.75, 3.05) is 7.11 Å². The van der Waals surface area contributed by atoms with Gasteiger partial charge in [0.05, 0.1) is 7.11 Å². The first-order chi connectivity index (χ1) is 4.09. The van der Waals surface area contributed by atoms with Crippen molar-refractivity contribution in [1.29, 1.82) is 0 Å². The second-order valence-corrected chi connectivity index (χ2v) is 1.73. The Bertz CT molecular complexity index is 107. The van der Waals surface area contributed by atoms with E-state index in [0.29, 0.717) is 0 Å². The van der Waals surface area contributed by atoms with Crippen molar-refractivity contribution in [3.8, 4) is 0 Å². The predicted molar refractivity (Wildman–Crippen MR) is 27.7 cm³/mol. The highest BCUT2D eigenvalue weighted by atomic mass is 35.5. The molecule has 0 fully saturated rings. The van der Waals surface area contributed by atoms with Gasteiger partial charge in [-0.25, -0.2) is 8.78 Å². The summed E-state index contributed by atoms with van der Waals surface area (Å²) in [6.45, 7) is 0. The molecule has 0 saturated carbocycles. The van der Waals surface area contributed by atoms with Crippen molar-refractivity contribution in [1.82, 2.24) is 0 Å². The molecule has 0 amide bonds. The minimum atomic E-state index is -2.86. The number of hydrogen-bond acceptors (Lipinski definition) is 2. The first kappa shape index (κ1) is 8.62. The summed E-state index contributed by atoms with van der Waals surface area (Å²) in [4.78, 5) is 10.1. The summed E-state index contributed by atoms with van der Waals surface area (Å²) in [6, 6.07) is 0. The summed E-state index contributed by atoms with van der Waals surface area (Å²) >= 11 is 4.84. The zero-order valence-electron chi connectivity index (χ0n) is 4.61. The monoisotopic (exact) mass is 158 g/mol. The third kappa shape index (κ3) is 2.60. The average molecular weight is 159 g/mol. The standard InChI is InChI=1S/C4H5ClF2O2/c1-9-4(8)2(5)3(6)7/h2-3H,1H3. The van der Waals surface area contributed by atoms with Gasteiger partial charge in [0.2, 0.25) is 0 Å². The fourth-order valence-electron chi connectivity index (χ4n) is 0.215. The lowest BCUT2D eigenvalue weighted by Gasteiger charge is -2.03. The van der Waals surface area contributed by atoms with Crippen molar-refractivity contribution in [3.63, 3.8) is 0 Å². The molecule has 54 valence electrons. The molecule has 0 aliphatic carbocycles. The van der Waals surface area contributed by atoms with Crippen LogP contribution in [0.5, 0.6) is 0 Å². The number of alkyl halides is 3. The van der Waals surface area contributed by atoms with Gasteiger partial charge in [-0.3, -0.25) is 4.79 Å². The maximum atomic E-state index is 11.4. The minimum Gasteiger partial charge on any atom is -0.468 e. The van der Waals surface area contributed by atoms with Gasteiger partial charge in [0.25, 0.3) is 6.43 Å². The van der Waals surface area contributed by atoms with E-state index < -0.39 is 17.8 Å². The molecule has 0 aromatic heterocycles. The maximum Gasteiger partial charge on any atom is 0.329 e. The average Bonchev–Trinajstić information content (AvgIpc) is 1.84. The van der Waals surface area contributed by atoms with Crippen LogP contribution in [0.15, 0.2) is 0 Å². The number of carbonyl (C=O) groups is 1. The Balaban J connectivity index is 3.72. The van der Waals surface area contributed by atoms with Gasteiger partial charge in [0, 0.05) is 0 Å². The molecule has 0 heterocycles. The van der Waals surface area contributed by atoms with E-state index in [-0.39, 0.29) is 0 Å². The summed E-state index contributed by atoms with van der Waals surface area (Å²) < 4.78 is 26.8. The van der Waals surface area contributed by atoms with E-state index in [1.807, 2.05) is 0 Å². The lowest BCUT2D eigenvalue weighted by atomic mass is 10.4. The van der Waals surface area contributed by atoms with Gasteiger partial charge in [0.1, 0.15) is 0 Å². The van der Waals surface area contributed by atoms with Gasteiger partial charge < -0.3 is 4.74 Å². The Morgan fingerprint density at radius 3 is 2.22 bits per heavy atom. The molecule has 9 heavy (non-hydrogen) atoms. The summed E-state index contributed by atoms with van der Waals surface area (Å²) in [5, 5.41) is -1.84. The highest BCUT2D eigenvalue weighted by molar-refractivity contribution is 6.30. The molecule has 0 aromatic rings. The van der Waals surface area contributed by atoms with Crippen LogP contribution in [0.3, 0.4) is 0 Å². The number of rotatable bonds is 2. The van der Waals surface area contributed by atoms with Crippen LogP contribution in [0, 0.1) is 0 Å². The van der Waals surface area contributed by atoms with Crippen LogP contribution >= 0.6 is 11.6 Å². The Labute approximate surface area is 55.7 Å². The molecule has 0 rings (SSSR count). The third-order valence-electron chi connectivity index (χ3n) is 0.648. The first-order valence-electron chi connectivity index (χ1n) is 2.09. The molecule has 0 radical (unpaired) electrons. The van der Waals surface area contributed by atoms with Crippen molar-refractivity contribution in [3.05, 3.63) is 0 Å². The van der Waals surface area contributed by atoms with E-state index in [4.69, 9.17) is 11.6 Å². The molecule has 0 bridgehead atoms. The van der Waals surface area contributed by atoms with Crippen LogP contribution < -0.4 is 0 Å². The zero-order chi connectivity index (χ0) is 7.44. The normalized spacial score (nSPS) is 13.4. The van der Waals surface area contributed by atoms with Crippen LogP contribution in [-0.2, 0) is 9.53 Å². The van der Waals surface area contributed by atoms with E-state index in [2.05, 4.69) is 4.74 Å². The molecule has 1 atom stereocenters. The topological polar surface area (TPSA) is 26.3 Å². The largest absolute Gasteiger partial charge is 0.468 e. The van der Waals surface area contributed by atoms with Crippen molar-refractivity contribution in [2.45, 2.75) is 11.8 Å². The van der Waals surface area contributed by atoms with Gasteiger partial charge in [0.15, 0.2) is 5.38 Å². The molecular weight excluding hydrogens is 153 g/mol. The molecule has 0 aliphatic rings. The van der Waals surface area contributed by atoms with E-state index in [1.165, 1.54) is 0 Å². The lowest BCUT2D eigenvalue weighted by molar-refractivity contribution is -0.142. The Morgan fingerprint density at radius 2 is 2.11 bits per heavy atom. The van der Waals surface area contributed by atoms with Gasteiger partial charge in [-0.15, -0.1) is 11.6 Å². The van der Waals surface area contributed by atoms with Crippen LogP contribution in [0.2, 0.25) is 0 Å². The highest BCUT2D eigenvalue weighted by Crippen LogP contribution is 2.09. The summed E-state index contributed by atoms with van der Waals surface area (Å²) in [6.07, 6.45) is -2.86. The smallest absolute Gasteiger partial charge is 0.329 e. The molecule has 0 aliphatic heterocycles. The third-order valence-corrected chi connectivity index (χ3v) is 1.02. The van der Waals surface area contributed by atoms with Crippen LogP contribution in [0.4, 0.5) is 8.78 Å². The van der Waals surface area contributed by atoms with Crippen molar-refractivity contribution >= 4 is 17.6 Å². The predicted octanol–water partition coefficient (Wildman–Crippen LogP) is 1.03. The Morgan fingerprint density at radius 1 is 1.67 bits per heavy atom. The Kier molecular flexibility index (Phi) is 3.46. The quantitative estimate of drug-likeness (QED) is 0.443. The minimum absolute atomic E-state index is 1.00. The second kappa shape index (κ2) is 3.61. The second-order valence-electron chi connectivity index (χ2n) is 1.26. The van der Waals surface area contributed by atoms with Gasteiger partial charge in [-0.1, -0.05) is 0 Å². The number of hydrogen-bond donors (Lipinski definition) is 0. The number of carbonyl (C=O) groups excluding carboxylic acids is 1. The molecular formula is C4H5ClF2O2. The van der Waals surface area contributed by atoms with Gasteiger partial charge >= 0.3 is 5.97 Å². The van der Waals surface area contributed by atoms with Gasteiger partial charge in [-0.05, 0) is 0 Å². The lowest BCUT2D eigenvalue weighted by Crippen LogP contribution is -2.23. The number of methoxy groups -OCH3 is 1. The van der Waals surface area contributed by atoms with E-state index in [0.717, 1.165) is 7.11 Å². The molecule has 0 spiro atoms. The van der Waals surface area contributed by atoms with E-state index in [9.17, 15) is 13.6 Å². The molecule has 1 unspecified atom stereocenters. The number of esters is 1. The Hall–Kier alpha value is -0.380. The van der Waals surface area contributed by atoms with E-state index in [1.54, 1.807) is 0 Å². The molecule has 0 saturated heterocycles. The molecule has 0 N–H and O–H groups in total.